The molecule has 0 aliphatic carbocycles. The van der Waals surface area contributed by atoms with E-state index in [1.54, 1.807) is 19.1 Å². The van der Waals surface area contributed by atoms with Crippen LogP contribution in [0.4, 0.5) is 0 Å². The number of carboxylic acid groups (broad SMARTS) is 1. The van der Waals surface area contributed by atoms with E-state index in [1.165, 1.54) is 0 Å². The van der Waals surface area contributed by atoms with Crippen molar-refractivity contribution in [1.29, 1.82) is 0 Å². The molecule has 0 spiro atoms. The number of piperidine rings is 1. The van der Waals surface area contributed by atoms with Gasteiger partial charge in [-0.25, -0.2) is 4.79 Å². The van der Waals surface area contributed by atoms with Gasteiger partial charge in [-0.05, 0) is 45.0 Å². The molecule has 1 aromatic rings. The van der Waals surface area contributed by atoms with Gasteiger partial charge in [0.25, 0.3) is 0 Å². The van der Waals surface area contributed by atoms with Gasteiger partial charge in [-0.2, -0.15) is 0 Å². The summed E-state index contributed by atoms with van der Waals surface area (Å²) in [4.78, 5) is 11.0. The van der Waals surface area contributed by atoms with Crippen LogP contribution in [0.5, 0.6) is 5.75 Å². The van der Waals surface area contributed by atoms with Crippen LogP contribution >= 0.6 is 12.4 Å². The normalized spacial score (nSPS) is 15.8. The van der Waals surface area contributed by atoms with Crippen LogP contribution in [0, 0.1) is 6.92 Å². The lowest BCUT2D eigenvalue weighted by Gasteiger charge is -2.24. The van der Waals surface area contributed by atoms with Crippen LogP contribution in [0.15, 0.2) is 18.2 Å². The first-order chi connectivity index (χ1) is 8.18. The van der Waals surface area contributed by atoms with Crippen LogP contribution in [0.2, 0.25) is 0 Å². The Morgan fingerprint density at radius 1 is 1.39 bits per heavy atom. The van der Waals surface area contributed by atoms with Crippen LogP contribution in [-0.4, -0.2) is 30.3 Å². The van der Waals surface area contributed by atoms with Crippen molar-refractivity contribution in [3.05, 3.63) is 29.3 Å². The molecule has 0 aromatic heterocycles. The van der Waals surface area contributed by atoms with Gasteiger partial charge in [0.15, 0.2) is 0 Å². The Morgan fingerprint density at radius 2 is 2.06 bits per heavy atom. The SMILES string of the molecule is Cc1c(OC2CCNCC2)cccc1C(=O)O.Cl. The molecule has 1 aliphatic heterocycles. The average molecular weight is 272 g/mol. The number of hydrogen-bond donors (Lipinski definition) is 2. The van der Waals surface area contributed by atoms with E-state index in [9.17, 15) is 4.79 Å². The first-order valence-electron chi connectivity index (χ1n) is 5.89. The van der Waals surface area contributed by atoms with Crippen LogP contribution in [0.3, 0.4) is 0 Å². The molecular weight excluding hydrogens is 254 g/mol. The third-order valence-electron chi connectivity index (χ3n) is 3.09. The third-order valence-corrected chi connectivity index (χ3v) is 3.09. The van der Waals surface area contributed by atoms with Gasteiger partial charge in [0.05, 0.1) is 5.56 Å². The van der Waals surface area contributed by atoms with Crippen molar-refractivity contribution in [2.75, 3.05) is 13.1 Å². The number of aromatic carboxylic acids is 1. The quantitative estimate of drug-likeness (QED) is 0.885. The Hall–Kier alpha value is -1.26. The number of carboxylic acids is 1. The summed E-state index contributed by atoms with van der Waals surface area (Å²) in [6, 6.07) is 5.17. The molecule has 100 valence electrons. The molecule has 2 rings (SSSR count). The van der Waals surface area contributed by atoms with Gasteiger partial charge in [-0.15, -0.1) is 12.4 Å². The summed E-state index contributed by atoms with van der Waals surface area (Å²) in [6.07, 6.45) is 2.13. The monoisotopic (exact) mass is 271 g/mol. The van der Waals surface area contributed by atoms with Crippen LogP contribution in [0.25, 0.3) is 0 Å². The fourth-order valence-corrected chi connectivity index (χ4v) is 2.07. The van der Waals surface area contributed by atoms with E-state index in [-0.39, 0.29) is 18.5 Å². The third kappa shape index (κ3) is 3.37. The fraction of sp³-hybridized carbons (Fsp3) is 0.462. The maximum atomic E-state index is 11.0. The average Bonchev–Trinajstić information content (AvgIpc) is 2.33. The van der Waals surface area contributed by atoms with Crippen LogP contribution < -0.4 is 10.1 Å². The Morgan fingerprint density at radius 3 is 2.67 bits per heavy atom. The van der Waals surface area contributed by atoms with Crippen molar-refractivity contribution in [1.82, 2.24) is 5.32 Å². The summed E-state index contributed by atoms with van der Waals surface area (Å²) in [5.74, 6) is -0.213. The van der Waals surface area contributed by atoms with Crippen molar-refractivity contribution < 1.29 is 14.6 Å². The minimum absolute atomic E-state index is 0. The summed E-state index contributed by atoms with van der Waals surface area (Å²) < 4.78 is 5.87. The second kappa shape index (κ2) is 6.61. The maximum absolute atomic E-state index is 11.0. The number of rotatable bonds is 3. The minimum atomic E-state index is -0.904. The van der Waals surface area contributed by atoms with Crippen molar-refractivity contribution in [3.63, 3.8) is 0 Å². The molecule has 1 aromatic carbocycles. The molecule has 0 atom stereocenters. The number of hydrogen-bond acceptors (Lipinski definition) is 3. The zero-order valence-corrected chi connectivity index (χ0v) is 11.1. The number of nitrogens with one attached hydrogen (secondary N) is 1. The van der Waals surface area contributed by atoms with Gasteiger partial charge in [-0.1, -0.05) is 6.07 Å². The molecular formula is C13H18ClNO3. The zero-order valence-electron chi connectivity index (χ0n) is 10.3. The van der Waals surface area contributed by atoms with Crippen LogP contribution in [0.1, 0.15) is 28.8 Å². The van der Waals surface area contributed by atoms with E-state index < -0.39 is 5.97 Å². The molecule has 4 nitrogen and oxygen atoms in total. The topological polar surface area (TPSA) is 58.6 Å². The molecule has 0 unspecified atom stereocenters. The highest BCUT2D eigenvalue weighted by molar-refractivity contribution is 5.90. The van der Waals surface area contributed by atoms with Crippen molar-refractivity contribution in [2.24, 2.45) is 0 Å². The molecule has 1 heterocycles. The van der Waals surface area contributed by atoms with Crippen molar-refractivity contribution in [3.8, 4) is 5.75 Å². The van der Waals surface area contributed by atoms with Gasteiger partial charge in [0.1, 0.15) is 11.9 Å². The van der Waals surface area contributed by atoms with Gasteiger partial charge >= 0.3 is 5.97 Å². The number of benzene rings is 1. The molecule has 18 heavy (non-hydrogen) atoms. The summed E-state index contributed by atoms with van der Waals surface area (Å²) in [5.41, 5.74) is 1.02. The molecule has 5 heteroatoms. The molecule has 0 amide bonds. The minimum Gasteiger partial charge on any atom is -0.490 e. The molecule has 0 saturated carbocycles. The lowest BCUT2D eigenvalue weighted by atomic mass is 10.1. The van der Waals surface area contributed by atoms with E-state index in [1.807, 2.05) is 6.07 Å². The van der Waals surface area contributed by atoms with Crippen molar-refractivity contribution in [2.45, 2.75) is 25.9 Å². The highest BCUT2D eigenvalue weighted by Crippen LogP contribution is 2.24. The first-order valence-corrected chi connectivity index (χ1v) is 5.89. The summed E-state index contributed by atoms with van der Waals surface area (Å²) in [6.45, 7) is 3.71. The Bertz CT molecular complexity index is 417. The Balaban J connectivity index is 0.00000162. The maximum Gasteiger partial charge on any atom is 0.336 e. The number of carbonyl (C=O) groups is 1. The van der Waals surface area contributed by atoms with Gasteiger partial charge in [0.2, 0.25) is 0 Å². The molecule has 0 bridgehead atoms. The molecule has 0 radical (unpaired) electrons. The standard InChI is InChI=1S/C13H17NO3.ClH/c1-9-11(13(15)16)3-2-4-12(9)17-10-5-7-14-8-6-10;/h2-4,10,14H,5-8H2,1H3,(H,15,16);1H. The molecule has 1 fully saturated rings. The predicted octanol–water partition coefficient (Wildman–Crippen LogP) is 2.25. The Kier molecular flexibility index (Phi) is 5.44. The summed E-state index contributed by atoms with van der Waals surface area (Å²) >= 11 is 0. The fourth-order valence-electron chi connectivity index (χ4n) is 2.07. The lowest BCUT2D eigenvalue weighted by molar-refractivity contribution is 0.0694. The molecule has 1 saturated heterocycles. The van der Waals surface area contributed by atoms with E-state index in [4.69, 9.17) is 9.84 Å². The van der Waals surface area contributed by atoms with E-state index in [2.05, 4.69) is 5.32 Å². The lowest BCUT2D eigenvalue weighted by Crippen LogP contribution is -2.34. The molecule has 2 N–H and O–H groups in total. The van der Waals surface area contributed by atoms with E-state index in [0.717, 1.165) is 25.9 Å². The number of ether oxygens (including phenoxy) is 1. The smallest absolute Gasteiger partial charge is 0.336 e. The Labute approximate surface area is 113 Å². The summed E-state index contributed by atoms with van der Waals surface area (Å²) in [7, 11) is 0. The predicted molar refractivity (Wildman–Crippen MR) is 71.9 cm³/mol. The highest BCUT2D eigenvalue weighted by Gasteiger charge is 2.17. The van der Waals surface area contributed by atoms with E-state index >= 15 is 0 Å². The second-order valence-electron chi connectivity index (χ2n) is 4.30. The molecule has 1 aliphatic rings. The second-order valence-corrected chi connectivity index (χ2v) is 4.30. The van der Waals surface area contributed by atoms with Crippen molar-refractivity contribution >= 4 is 18.4 Å². The summed E-state index contributed by atoms with van der Waals surface area (Å²) in [5, 5.41) is 12.3. The van der Waals surface area contributed by atoms with Gasteiger partial charge < -0.3 is 15.2 Å². The van der Waals surface area contributed by atoms with Crippen LogP contribution in [-0.2, 0) is 0 Å². The van der Waals surface area contributed by atoms with Gasteiger partial charge in [0, 0.05) is 5.56 Å². The first kappa shape index (κ1) is 14.8. The zero-order chi connectivity index (χ0) is 12.3. The van der Waals surface area contributed by atoms with E-state index in [0.29, 0.717) is 16.9 Å². The largest absolute Gasteiger partial charge is 0.490 e. The van der Waals surface area contributed by atoms with Gasteiger partial charge in [-0.3, -0.25) is 0 Å². The highest BCUT2D eigenvalue weighted by atomic mass is 35.5. The number of halogens is 1.